The fourth-order valence-corrected chi connectivity index (χ4v) is 3.36. The maximum absolute atomic E-state index is 13.1. The lowest BCUT2D eigenvalue weighted by Crippen LogP contribution is -2.47. The van der Waals surface area contributed by atoms with Gasteiger partial charge in [-0.15, -0.1) is 0 Å². The van der Waals surface area contributed by atoms with Crippen LogP contribution in [0.2, 0.25) is 0 Å². The van der Waals surface area contributed by atoms with Crippen molar-refractivity contribution in [1.82, 2.24) is 4.90 Å². The Morgan fingerprint density at radius 3 is 2.56 bits per heavy atom. The summed E-state index contributed by atoms with van der Waals surface area (Å²) in [7, 11) is 0. The van der Waals surface area contributed by atoms with E-state index in [1.807, 2.05) is 37.3 Å². The molecule has 0 bridgehead atoms. The van der Waals surface area contributed by atoms with Crippen LogP contribution in [0, 0.1) is 5.92 Å². The number of carbonyl (C=O) groups excluding carboxylic acids is 2. The van der Waals surface area contributed by atoms with Crippen molar-refractivity contribution >= 4 is 11.9 Å². The van der Waals surface area contributed by atoms with Crippen LogP contribution in [0.25, 0.3) is 0 Å². The lowest BCUT2D eigenvalue weighted by molar-refractivity contribution is -0.154. The Morgan fingerprint density at radius 2 is 1.96 bits per heavy atom. The summed E-state index contributed by atoms with van der Waals surface area (Å²) in [5.41, 5.74) is 0.486. The average Bonchev–Trinajstić information content (AvgIpc) is 3.00. The summed E-state index contributed by atoms with van der Waals surface area (Å²) in [5, 5.41) is 0. The SMILES string of the molecule is CC[C@H]1C=C(C(=O)OC(C)(C)C)C(=O)N2[C@@H]1OC[C@H]2c1ccccc1. The monoisotopic (exact) mass is 343 g/mol. The number of nitrogens with zero attached hydrogens (tertiary/aromatic N) is 1. The minimum Gasteiger partial charge on any atom is -0.456 e. The van der Waals surface area contributed by atoms with E-state index >= 15 is 0 Å². The molecule has 5 nitrogen and oxygen atoms in total. The minimum absolute atomic E-state index is 0.0195. The molecule has 0 aromatic heterocycles. The van der Waals surface area contributed by atoms with E-state index in [9.17, 15) is 9.59 Å². The van der Waals surface area contributed by atoms with Gasteiger partial charge in [-0.3, -0.25) is 4.79 Å². The third kappa shape index (κ3) is 3.47. The van der Waals surface area contributed by atoms with Crippen LogP contribution in [-0.2, 0) is 19.1 Å². The molecular weight excluding hydrogens is 318 g/mol. The van der Waals surface area contributed by atoms with Crippen molar-refractivity contribution in [2.45, 2.75) is 52.0 Å². The summed E-state index contributed by atoms with van der Waals surface area (Å²) in [5.74, 6) is -0.891. The van der Waals surface area contributed by atoms with Crippen LogP contribution in [0.5, 0.6) is 0 Å². The van der Waals surface area contributed by atoms with E-state index in [4.69, 9.17) is 9.47 Å². The van der Waals surface area contributed by atoms with Crippen molar-refractivity contribution in [3.63, 3.8) is 0 Å². The summed E-state index contributed by atoms with van der Waals surface area (Å²) in [4.78, 5) is 27.3. The number of rotatable bonds is 3. The molecule has 1 fully saturated rings. The van der Waals surface area contributed by atoms with Gasteiger partial charge >= 0.3 is 5.97 Å². The molecule has 5 heteroatoms. The number of hydrogen-bond donors (Lipinski definition) is 0. The molecule has 2 aliphatic heterocycles. The van der Waals surface area contributed by atoms with Gasteiger partial charge in [0.25, 0.3) is 5.91 Å². The smallest absolute Gasteiger partial charge is 0.343 e. The first-order chi connectivity index (χ1) is 11.8. The van der Waals surface area contributed by atoms with E-state index in [0.29, 0.717) is 6.61 Å². The molecule has 3 rings (SSSR count). The molecule has 0 unspecified atom stereocenters. The Hall–Kier alpha value is -2.14. The van der Waals surface area contributed by atoms with E-state index in [2.05, 4.69) is 0 Å². The van der Waals surface area contributed by atoms with E-state index in [1.165, 1.54) is 0 Å². The topological polar surface area (TPSA) is 55.8 Å². The van der Waals surface area contributed by atoms with Crippen molar-refractivity contribution < 1.29 is 19.1 Å². The van der Waals surface area contributed by atoms with Gasteiger partial charge in [-0.25, -0.2) is 4.79 Å². The summed E-state index contributed by atoms with van der Waals surface area (Å²) < 4.78 is 11.4. The number of fused-ring (bicyclic) bond motifs is 1. The van der Waals surface area contributed by atoms with Crippen LogP contribution in [0.15, 0.2) is 42.0 Å². The molecule has 2 heterocycles. The number of esters is 1. The molecule has 1 saturated heterocycles. The van der Waals surface area contributed by atoms with Gasteiger partial charge in [0, 0.05) is 5.92 Å². The van der Waals surface area contributed by atoms with Gasteiger partial charge in [0.15, 0.2) is 0 Å². The van der Waals surface area contributed by atoms with Crippen molar-refractivity contribution in [2.24, 2.45) is 5.92 Å². The zero-order valence-electron chi connectivity index (χ0n) is 15.2. The Bertz CT molecular complexity index is 689. The fourth-order valence-electron chi connectivity index (χ4n) is 3.36. The van der Waals surface area contributed by atoms with Gasteiger partial charge in [-0.05, 0) is 32.8 Å². The molecule has 0 N–H and O–H groups in total. The Morgan fingerprint density at radius 1 is 1.28 bits per heavy atom. The van der Waals surface area contributed by atoms with Crippen LogP contribution in [-0.4, -0.2) is 35.2 Å². The van der Waals surface area contributed by atoms with Crippen LogP contribution >= 0.6 is 0 Å². The third-order valence-electron chi connectivity index (χ3n) is 4.52. The van der Waals surface area contributed by atoms with Gasteiger partial charge in [-0.1, -0.05) is 43.3 Å². The Kier molecular flexibility index (Phi) is 4.69. The first-order valence-electron chi connectivity index (χ1n) is 8.76. The lowest BCUT2D eigenvalue weighted by Gasteiger charge is -2.36. The zero-order valence-corrected chi connectivity index (χ0v) is 15.2. The first-order valence-corrected chi connectivity index (χ1v) is 8.76. The van der Waals surface area contributed by atoms with Crippen molar-refractivity contribution in [2.75, 3.05) is 6.61 Å². The molecule has 1 aromatic rings. The van der Waals surface area contributed by atoms with Gasteiger partial charge in [-0.2, -0.15) is 0 Å². The highest BCUT2D eigenvalue weighted by Crippen LogP contribution is 2.39. The molecule has 1 aromatic carbocycles. The van der Waals surface area contributed by atoms with Gasteiger partial charge in [0.05, 0.1) is 12.6 Å². The maximum Gasteiger partial charge on any atom is 0.343 e. The number of benzene rings is 1. The van der Waals surface area contributed by atoms with Gasteiger partial charge < -0.3 is 14.4 Å². The highest BCUT2D eigenvalue weighted by molar-refractivity contribution is 6.17. The molecule has 3 atom stereocenters. The van der Waals surface area contributed by atoms with Crippen molar-refractivity contribution in [3.05, 3.63) is 47.5 Å². The number of amides is 1. The summed E-state index contributed by atoms with van der Waals surface area (Å²) in [6, 6.07) is 9.61. The molecule has 1 amide bonds. The Labute approximate surface area is 148 Å². The largest absolute Gasteiger partial charge is 0.456 e. The normalized spacial score (nSPS) is 26.2. The fraction of sp³-hybridized carbons (Fsp3) is 0.500. The minimum atomic E-state index is -0.642. The van der Waals surface area contributed by atoms with Crippen molar-refractivity contribution in [3.8, 4) is 0 Å². The van der Waals surface area contributed by atoms with Crippen LogP contribution < -0.4 is 0 Å². The highest BCUT2D eigenvalue weighted by atomic mass is 16.6. The van der Waals surface area contributed by atoms with E-state index in [-0.39, 0.29) is 29.7 Å². The van der Waals surface area contributed by atoms with Crippen molar-refractivity contribution in [1.29, 1.82) is 0 Å². The second-order valence-corrected chi connectivity index (χ2v) is 7.52. The molecule has 2 aliphatic rings. The number of carbonyl (C=O) groups is 2. The van der Waals surface area contributed by atoms with Crippen LogP contribution in [0.4, 0.5) is 0 Å². The molecular formula is C20H25NO4. The molecule has 0 radical (unpaired) electrons. The molecule has 0 saturated carbocycles. The zero-order chi connectivity index (χ0) is 18.2. The van der Waals surface area contributed by atoms with Crippen LogP contribution in [0.3, 0.4) is 0 Å². The van der Waals surface area contributed by atoms with E-state index in [1.54, 1.807) is 31.7 Å². The van der Waals surface area contributed by atoms with E-state index < -0.39 is 11.6 Å². The summed E-state index contributed by atoms with van der Waals surface area (Å²) in [6.45, 7) is 7.85. The predicted molar refractivity (Wildman–Crippen MR) is 93.5 cm³/mol. The van der Waals surface area contributed by atoms with Gasteiger partial charge in [0.2, 0.25) is 0 Å². The number of hydrogen-bond acceptors (Lipinski definition) is 4. The van der Waals surface area contributed by atoms with Crippen LogP contribution in [0.1, 0.15) is 45.7 Å². The third-order valence-corrected chi connectivity index (χ3v) is 4.52. The average molecular weight is 343 g/mol. The first kappa shape index (κ1) is 17.7. The standard InChI is InChI=1S/C20H25NO4/c1-5-13-11-15(19(23)25-20(2,3)4)17(22)21-16(12-24-18(13)21)14-9-7-6-8-10-14/h6-11,13,16,18H,5,12H2,1-4H3/t13-,16-,18+/m0/s1. The Balaban J connectivity index is 1.93. The summed E-state index contributed by atoms with van der Waals surface area (Å²) in [6.07, 6.45) is 2.18. The number of ether oxygens (including phenoxy) is 2. The molecule has 0 spiro atoms. The van der Waals surface area contributed by atoms with E-state index in [0.717, 1.165) is 12.0 Å². The quantitative estimate of drug-likeness (QED) is 0.625. The predicted octanol–water partition coefficient (Wildman–Crippen LogP) is 3.22. The van der Waals surface area contributed by atoms with Gasteiger partial charge in [0.1, 0.15) is 17.4 Å². The molecule has 25 heavy (non-hydrogen) atoms. The second kappa shape index (κ2) is 6.64. The molecule has 134 valence electrons. The maximum atomic E-state index is 13.1. The lowest BCUT2D eigenvalue weighted by atomic mass is 9.93. The highest BCUT2D eigenvalue weighted by Gasteiger charge is 2.47. The summed E-state index contributed by atoms with van der Waals surface area (Å²) >= 11 is 0. The molecule has 0 aliphatic carbocycles. The second-order valence-electron chi connectivity index (χ2n) is 7.52.